The molecular weight excluding hydrogens is 198 g/mol. The van der Waals surface area contributed by atoms with E-state index < -0.39 is 0 Å². The van der Waals surface area contributed by atoms with Gasteiger partial charge >= 0.3 is 0 Å². The van der Waals surface area contributed by atoms with Crippen molar-refractivity contribution >= 4 is 0 Å². The van der Waals surface area contributed by atoms with Gasteiger partial charge in [0.2, 0.25) is 0 Å². The Morgan fingerprint density at radius 1 is 1.12 bits per heavy atom. The molecule has 2 atom stereocenters. The predicted molar refractivity (Wildman–Crippen MR) is 66.1 cm³/mol. The fourth-order valence-corrected chi connectivity index (χ4v) is 2.69. The number of hydrogen-bond donors (Lipinski definition) is 1. The number of hydrogen-bond acceptors (Lipinski definition) is 2. The molecule has 0 saturated carbocycles. The zero-order chi connectivity index (χ0) is 11.5. The first-order valence-corrected chi connectivity index (χ1v) is 6.14. The molecule has 0 spiro atoms. The summed E-state index contributed by atoms with van der Waals surface area (Å²) in [5.41, 5.74) is 1.36. The van der Waals surface area contributed by atoms with Gasteiger partial charge in [0.1, 0.15) is 0 Å². The average Bonchev–Trinajstić information content (AvgIpc) is 2.25. The molecule has 1 aromatic carbocycles. The molecule has 0 aromatic heterocycles. The van der Waals surface area contributed by atoms with Crippen LogP contribution in [0.15, 0.2) is 30.3 Å². The van der Waals surface area contributed by atoms with Gasteiger partial charge in [0.15, 0.2) is 0 Å². The lowest BCUT2D eigenvalue weighted by Gasteiger charge is -2.41. The van der Waals surface area contributed by atoms with E-state index in [1.54, 1.807) is 0 Å². The molecule has 16 heavy (non-hydrogen) atoms. The highest BCUT2D eigenvalue weighted by Gasteiger charge is 2.29. The molecule has 1 aliphatic heterocycles. The maximum Gasteiger partial charge on any atom is 0.0569 e. The van der Waals surface area contributed by atoms with Crippen LogP contribution in [0.4, 0.5) is 0 Å². The predicted octanol–water partition coefficient (Wildman–Crippen LogP) is 2.42. The minimum atomic E-state index is -0.114. The fourth-order valence-electron chi connectivity index (χ4n) is 2.69. The van der Waals surface area contributed by atoms with E-state index in [-0.39, 0.29) is 6.10 Å². The van der Waals surface area contributed by atoms with Gasteiger partial charge in [-0.25, -0.2) is 0 Å². The fraction of sp³-hybridized carbons (Fsp3) is 0.571. The number of likely N-dealkylation sites (tertiary alicyclic amines) is 1. The molecule has 1 fully saturated rings. The zero-order valence-corrected chi connectivity index (χ0v) is 10.1. The SMILES string of the molecule is CC1CC(O)CC(C)N1Cc1ccccc1. The van der Waals surface area contributed by atoms with Crippen molar-refractivity contribution in [1.29, 1.82) is 0 Å². The van der Waals surface area contributed by atoms with E-state index in [1.807, 2.05) is 0 Å². The Morgan fingerprint density at radius 3 is 2.25 bits per heavy atom. The molecule has 88 valence electrons. The van der Waals surface area contributed by atoms with E-state index in [1.165, 1.54) is 5.56 Å². The Bertz CT molecular complexity index is 313. The van der Waals surface area contributed by atoms with Crippen LogP contribution in [-0.2, 0) is 6.54 Å². The summed E-state index contributed by atoms with van der Waals surface area (Å²) in [6, 6.07) is 11.5. The standard InChI is InChI=1S/C14H21NO/c1-11-8-14(16)9-12(2)15(11)10-13-6-4-3-5-7-13/h3-7,11-12,14,16H,8-10H2,1-2H3. The summed E-state index contributed by atoms with van der Waals surface area (Å²) >= 11 is 0. The molecule has 2 unspecified atom stereocenters. The number of aliphatic hydroxyl groups excluding tert-OH is 1. The molecule has 2 nitrogen and oxygen atoms in total. The molecular formula is C14H21NO. The molecule has 1 saturated heterocycles. The Morgan fingerprint density at radius 2 is 1.69 bits per heavy atom. The molecule has 2 heteroatoms. The van der Waals surface area contributed by atoms with Gasteiger partial charge in [0, 0.05) is 18.6 Å². The van der Waals surface area contributed by atoms with Gasteiger partial charge in [-0.2, -0.15) is 0 Å². The third-order valence-electron chi connectivity index (χ3n) is 3.57. The van der Waals surface area contributed by atoms with Gasteiger partial charge in [0.05, 0.1) is 6.10 Å². The summed E-state index contributed by atoms with van der Waals surface area (Å²) in [7, 11) is 0. The number of aliphatic hydroxyl groups is 1. The monoisotopic (exact) mass is 219 g/mol. The average molecular weight is 219 g/mol. The van der Waals surface area contributed by atoms with Crippen molar-refractivity contribution < 1.29 is 5.11 Å². The minimum absolute atomic E-state index is 0.114. The second kappa shape index (κ2) is 4.98. The van der Waals surface area contributed by atoms with Crippen LogP contribution in [0, 0.1) is 0 Å². The van der Waals surface area contributed by atoms with E-state index in [0.29, 0.717) is 12.1 Å². The third-order valence-corrected chi connectivity index (χ3v) is 3.57. The molecule has 1 N–H and O–H groups in total. The Kier molecular flexibility index (Phi) is 3.62. The number of benzene rings is 1. The number of piperidine rings is 1. The molecule has 0 bridgehead atoms. The van der Waals surface area contributed by atoms with Crippen molar-refractivity contribution in [2.45, 2.75) is 51.4 Å². The Hall–Kier alpha value is -0.860. The van der Waals surface area contributed by atoms with E-state index in [0.717, 1.165) is 19.4 Å². The minimum Gasteiger partial charge on any atom is -0.393 e. The molecule has 1 heterocycles. The first kappa shape index (κ1) is 11.6. The molecule has 0 radical (unpaired) electrons. The van der Waals surface area contributed by atoms with E-state index in [9.17, 15) is 5.11 Å². The van der Waals surface area contributed by atoms with Gasteiger partial charge < -0.3 is 5.11 Å². The Labute approximate surface area is 97.9 Å². The maximum atomic E-state index is 9.71. The summed E-state index contributed by atoms with van der Waals surface area (Å²) < 4.78 is 0. The highest BCUT2D eigenvalue weighted by molar-refractivity contribution is 5.14. The lowest BCUT2D eigenvalue weighted by Crippen LogP contribution is -2.47. The van der Waals surface area contributed by atoms with Gasteiger partial charge in [0.25, 0.3) is 0 Å². The van der Waals surface area contributed by atoms with Crippen LogP contribution in [0.2, 0.25) is 0 Å². The van der Waals surface area contributed by atoms with Gasteiger partial charge in [-0.05, 0) is 32.3 Å². The zero-order valence-electron chi connectivity index (χ0n) is 10.1. The van der Waals surface area contributed by atoms with Crippen molar-refractivity contribution in [3.63, 3.8) is 0 Å². The third kappa shape index (κ3) is 2.63. The highest BCUT2D eigenvalue weighted by Crippen LogP contribution is 2.24. The van der Waals surface area contributed by atoms with Crippen LogP contribution < -0.4 is 0 Å². The summed E-state index contributed by atoms with van der Waals surface area (Å²) in [6.07, 6.45) is 1.69. The summed E-state index contributed by atoms with van der Waals surface area (Å²) in [4.78, 5) is 2.49. The van der Waals surface area contributed by atoms with Crippen LogP contribution in [0.25, 0.3) is 0 Å². The maximum absolute atomic E-state index is 9.71. The number of rotatable bonds is 2. The first-order valence-electron chi connectivity index (χ1n) is 6.14. The second-order valence-corrected chi connectivity index (χ2v) is 4.98. The second-order valence-electron chi connectivity index (χ2n) is 4.98. The first-order chi connectivity index (χ1) is 7.66. The lowest BCUT2D eigenvalue weighted by molar-refractivity contribution is 0.00864. The summed E-state index contributed by atoms with van der Waals surface area (Å²) in [5.74, 6) is 0. The lowest BCUT2D eigenvalue weighted by atomic mass is 9.94. The Balaban J connectivity index is 2.03. The van der Waals surface area contributed by atoms with Crippen LogP contribution in [0.3, 0.4) is 0 Å². The van der Waals surface area contributed by atoms with Crippen molar-refractivity contribution in [1.82, 2.24) is 4.90 Å². The van der Waals surface area contributed by atoms with E-state index in [2.05, 4.69) is 49.1 Å². The van der Waals surface area contributed by atoms with E-state index >= 15 is 0 Å². The highest BCUT2D eigenvalue weighted by atomic mass is 16.3. The van der Waals surface area contributed by atoms with Gasteiger partial charge in [-0.3, -0.25) is 4.90 Å². The summed E-state index contributed by atoms with van der Waals surface area (Å²) in [6.45, 7) is 5.42. The van der Waals surface area contributed by atoms with Crippen molar-refractivity contribution in [2.24, 2.45) is 0 Å². The van der Waals surface area contributed by atoms with Crippen molar-refractivity contribution in [3.05, 3.63) is 35.9 Å². The van der Waals surface area contributed by atoms with Crippen molar-refractivity contribution in [3.8, 4) is 0 Å². The van der Waals surface area contributed by atoms with Gasteiger partial charge in [-0.15, -0.1) is 0 Å². The van der Waals surface area contributed by atoms with Crippen molar-refractivity contribution in [2.75, 3.05) is 0 Å². The van der Waals surface area contributed by atoms with Crippen LogP contribution in [0.1, 0.15) is 32.3 Å². The quantitative estimate of drug-likeness (QED) is 0.825. The number of nitrogens with zero attached hydrogens (tertiary/aromatic N) is 1. The summed E-state index contributed by atoms with van der Waals surface area (Å²) in [5, 5.41) is 9.71. The smallest absolute Gasteiger partial charge is 0.0569 e. The van der Waals surface area contributed by atoms with Crippen LogP contribution in [-0.4, -0.2) is 28.2 Å². The molecule has 0 amide bonds. The topological polar surface area (TPSA) is 23.5 Å². The molecule has 2 rings (SSSR count). The molecule has 0 aliphatic carbocycles. The molecule has 1 aliphatic rings. The molecule has 1 aromatic rings. The van der Waals surface area contributed by atoms with E-state index in [4.69, 9.17) is 0 Å². The van der Waals surface area contributed by atoms with Crippen LogP contribution in [0.5, 0.6) is 0 Å². The largest absolute Gasteiger partial charge is 0.393 e. The van der Waals surface area contributed by atoms with Gasteiger partial charge in [-0.1, -0.05) is 30.3 Å². The van der Waals surface area contributed by atoms with Crippen LogP contribution >= 0.6 is 0 Å². The normalized spacial score (nSPS) is 31.6.